The number of aryl methyl sites for hydroxylation is 1. The third-order valence-electron chi connectivity index (χ3n) is 4.71. The molecule has 1 heteroatoms. The second kappa shape index (κ2) is 5.88. The first-order chi connectivity index (χ1) is 8.56. The van der Waals surface area contributed by atoms with Gasteiger partial charge in [0.1, 0.15) is 0 Å². The first kappa shape index (κ1) is 13.6. The van der Waals surface area contributed by atoms with Crippen LogP contribution >= 0.6 is 0 Å². The molecule has 4 unspecified atom stereocenters. The highest BCUT2D eigenvalue weighted by molar-refractivity contribution is 5.22. The average molecular weight is 246 g/mol. The van der Waals surface area contributed by atoms with Gasteiger partial charge in [-0.3, -0.25) is 0 Å². The van der Waals surface area contributed by atoms with Gasteiger partial charge in [0.05, 0.1) is 6.10 Å². The van der Waals surface area contributed by atoms with E-state index in [4.69, 9.17) is 0 Å². The van der Waals surface area contributed by atoms with Crippen LogP contribution < -0.4 is 0 Å². The van der Waals surface area contributed by atoms with Crippen LogP contribution in [0.2, 0.25) is 0 Å². The van der Waals surface area contributed by atoms with E-state index in [-0.39, 0.29) is 6.10 Å². The maximum Gasteiger partial charge on any atom is 0.0608 e. The van der Waals surface area contributed by atoms with Crippen molar-refractivity contribution in [2.45, 2.75) is 52.6 Å². The van der Waals surface area contributed by atoms with E-state index in [0.717, 1.165) is 18.3 Å². The molecule has 0 aliphatic heterocycles. The molecule has 0 saturated heterocycles. The van der Waals surface area contributed by atoms with Crippen molar-refractivity contribution in [1.29, 1.82) is 0 Å². The number of aliphatic hydroxyl groups excluding tert-OH is 1. The number of hydrogen-bond acceptors (Lipinski definition) is 1. The summed E-state index contributed by atoms with van der Waals surface area (Å²) in [5.74, 6) is 2.08. The van der Waals surface area contributed by atoms with E-state index >= 15 is 0 Å². The second-order valence-corrected chi connectivity index (χ2v) is 6.29. The summed E-state index contributed by atoms with van der Waals surface area (Å²) in [6, 6.07) is 8.52. The summed E-state index contributed by atoms with van der Waals surface area (Å²) in [6.45, 7) is 6.78. The first-order valence-corrected chi connectivity index (χ1v) is 7.30. The van der Waals surface area contributed by atoms with E-state index in [2.05, 4.69) is 45.0 Å². The van der Waals surface area contributed by atoms with Gasteiger partial charge >= 0.3 is 0 Å². The molecule has 18 heavy (non-hydrogen) atoms. The molecule has 0 aromatic heterocycles. The molecule has 1 N–H and O–H groups in total. The molecular weight excluding hydrogens is 220 g/mol. The second-order valence-electron chi connectivity index (χ2n) is 6.29. The van der Waals surface area contributed by atoms with Crippen LogP contribution in [-0.2, 0) is 6.42 Å². The predicted molar refractivity (Wildman–Crippen MR) is 76.6 cm³/mol. The standard InChI is InChI=1S/C17H26O/c1-12-5-4-6-15(9-12)11-17(18)16-8-7-13(2)14(3)10-16/h4-6,9,13-14,16-18H,7-8,10-11H2,1-3H3. The van der Waals surface area contributed by atoms with Crippen molar-refractivity contribution in [1.82, 2.24) is 0 Å². The average Bonchev–Trinajstić information content (AvgIpc) is 2.32. The van der Waals surface area contributed by atoms with Gasteiger partial charge in [-0.15, -0.1) is 0 Å². The molecule has 1 saturated carbocycles. The van der Waals surface area contributed by atoms with E-state index in [1.165, 1.54) is 30.4 Å². The lowest BCUT2D eigenvalue weighted by Crippen LogP contribution is -2.30. The van der Waals surface area contributed by atoms with Crippen molar-refractivity contribution >= 4 is 0 Å². The van der Waals surface area contributed by atoms with Crippen molar-refractivity contribution in [3.05, 3.63) is 35.4 Å². The van der Waals surface area contributed by atoms with Crippen molar-refractivity contribution in [3.8, 4) is 0 Å². The number of benzene rings is 1. The molecule has 0 radical (unpaired) electrons. The zero-order valence-electron chi connectivity index (χ0n) is 11.9. The van der Waals surface area contributed by atoms with Crippen LogP contribution in [-0.4, -0.2) is 11.2 Å². The van der Waals surface area contributed by atoms with Crippen molar-refractivity contribution in [3.63, 3.8) is 0 Å². The minimum absolute atomic E-state index is 0.165. The van der Waals surface area contributed by atoms with Crippen LogP contribution in [0.1, 0.15) is 44.2 Å². The molecule has 1 aromatic rings. The van der Waals surface area contributed by atoms with Crippen LogP contribution in [0.4, 0.5) is 0 Å². The zero-order chi connectivity index (χ0) is 13.1. The lowest BCUT2D eigenvalue weighted by atomic mass is 9.73. The Labute approximate surface area is 111 Å². The highest BCUT2D eigenvalue weighted by Gasteiger charge is 2.29. The molecule has 1 aliphatic rings. The topological polar surface area (TPSA) is 20.2 Å². The Balaban J connectivity index is 1.94. The molecule has 1 fully saturated rings. The Morgan fingerprint density at radius 2 is 2.00 bits per heavy atom. The lowest BCUT2D eigenvalue weighted by Gasteiger charge is -2.34. The summed E-state index contributed by atoms with van der Waals surface area (Å²) in [4.78, 5) is 0. The van der Waals surface area contributed by atoms with E-state index in [0.29, 0.717) is 5.92 Å². The van der Waals surface area contributed by atoms with Gasteiger partial charge in [0.15, 0.2) is 0 Å². The van der Waals surface area contributed by atoms with Crippen molar-refractivity contribution < 1.29 is 5.11 Å². The quantitative estimate of drug-likeness (QED) is 0.855. The third-order valence-corrected chi connectivity index (χ3v) is 4.71. The fraction of sp³-hybridized carbons (Fsp3) is 0.647. The Bertz CT molecular complexity index is 385. The van der Waals surface area contributed by atoms with Gasteiger partial charge in [-0.05, 0) is 49.5 Å². The molecule has 0 bridgehead atoms. The SMILES string of the molecule is Cc1cccc(CC(O)C2CCC(C)C(C)C2)c1. The summed E-state index contributed by atoms with van der Waals surface area (Å²) >= 11 is 0. The van der Waals surface area contributed by atoms with E-state index in [9.17, 15) is 5.11 Å². The molecule has 0 amide bonds. The lowest BCUT2D eigenvalue weighted by molar-refractivity contribution is 0.0570. The summed E-state index contributed by atoms with van der Waals surface area (Å²) < 4.78 is 0. The zero-order valence-corrected chi connectivity index (χ0v) is 11.9. The van der Waals surface area contributed by atoms with Crippen LogP contribution in [0.15, 0.2) is 24.3 Å². The summed E-state index contributed by atoms with van der Waals surface area (Å²) in [6.07, 6.45) is 4.30. The van der Waals surface area contributed by atoms with Gasteiger partial charge in [-0.25, -0.2) is 0 Å². The maximum absolute atomic E-state index is 10.4. The molecule has 0 spiro atoms. The predicted octanol–water partition coefficient (Wildman–Crippen LogP) is 3.97. The molecular formula is C17H26O. The van der Waals surface area contributed by atoms with Crippen LogP contribution in [0, 0.1) is 24.7 Å². The minimum Gasteiger partial charge on any atom is -0.392 e. The number of rotatable bonds is 3. The molecule has 0 heterocycles. The fourth-order valence-corrected chi connectivity index (χ4v) is 3.19. The monoisotopic (exact) mass is 246 g/mol. The minimum atomic E-state index is -0.165. The van der Waals surface area contributed by atoms with Crippen LogP contribution in [0.5, 0.6) is 0 Å². The summed E-state index contributed by atoms with van der Waals surface area (Å²) in [7, 11) is 0. The fourth-order valence-electron chi connectivity index (χ4n) is 3.19. The van der Waals surface area contributed by atoms with Gasteiger partial charge < -0.3 is 5.11 Å². The van der Waals surface area contributed by atoms with Crippen molar-refractivity contribution in [2.24, 2.45) is 17.8 Å². The Kier molecular flexibility index (Phi) is 4.45. The third kappa shape index (κ3) is 3.35. The Hall–Kier alpha value is -0.820. The van der Waals surface area contributed by atoms with Gasteiger partial charge in [0.25, 0.3) is 0 Å². The molecule has 1 nitrogen and oxygen atoms in total. The molecule has 1 aliphatic carbocycles. The molecule has 100 valence electrons. The first-order valence-electron chi connectivity index (χ1n) is 7.30. The molecule has 4 atom stereocenters. The smallest absolute Gasteiger partial charge is 0.0608 e. The largest absolute Gasteiger partial charge is 0.392 e. The van der Waals surface area contributed by atoms with Gasteiger partial charge in [0.2, 0.25) is 0 Å². The highest BCUT2D eigenvalue weighted by atomic mass is 16.3. The summed E-state index contributed by atoms with van der Waals surface area (Å²) in [5.41, 5.74) is 2.55. The van der Waals surface area contributed by atoms with E-state index in [1.54, 1.807) is 0 Å². The summed E-state index contributed by atoms with van der Waals surface area (Å²) in [5, 5.41) is 10.4. The molecule has 2 rings (SSSR count). The van der Waals surface area contributed by atoms with E-state index < -0.39 is 0 Å². The van der Waals surface area contributed by atoms with Crippen molar-refractivity contribution in [2.75, 3.05) is 0 Å². The molecule has 1 aromatic carbocycles. The van der Waals surface area contributed by atoms with Gasteiger partial charge in [0, 0.05) is 0 Å². The van der Waals surface area contributed by atoms with Gasteiger partial charge in [-0.2, -0.15) is 0 Å². The number of hydrogen-bond donors (Lipinski definition) is 1. The van der Waals surface area contributed by atoms with Crippen LogP contribution in [0.25, 0.3) is 0 Å². The maximum atomic E-state index is 10.4. The Morgan fingerprint density at radius 3 is 2.67 bits per heavy atom. The van der Waals surface area contributed by atoms with Gasteiger partial charge in [-0.1, -0.05) is 50.1 Å². The normalized spacial score (nSPS) is 30.1. The van der Waals surface area contributed by atoms with E-state index in [1.807, 2.05) is 0 Å². The Morgan fingerprint density at radius 1 is 1.22 bits per heavy atom. The highest BCUT2D eigenvalue weighted by Crippen LogP contribution is 2.35. The number of aliphatic hydroxyl groups is 1. The van der Waals surface area contributed by atoms with Crippen LogP contribution in [0.3, 0.4) is 0 Å².